The van der Waals surface area contributed by atoms with Gasteiger partial charge in [0.05, 0.1) is 5.02 Å². The van der Waals surface area contributed by atoms with Crippen LogP contribution in [0.25, 0.3) is 0 Å². The number of rotatable bonds is 3. The molecule has 0 spiro atoms. The van der Waals surface area contributed by atoms with Gasteiger partial charge in [-0.25, -0.2) is 13.1 Å². The Bertz CT molecular complexity index is 560. The first-order chi connectivity index (χ1) is 8.90. The Morgan fingerprint density at radius 3 is 2.68 bits per heavy atom. The fourth-order valence-corrected chi connectivity index (χ4v) is 4.39. The molecule has 0 aromatic heterocycles. The smallest absolute Gasteiger partial charge is 0.242 e. The lowest BCUT2D eigenvalue weighted by atomic mass is 9.87. The number of hydrogen-bond donors (Lipinski definition) is 2. The van der Waals surface area contributed by atoms with Crippen molar-refractivity contribution in [3.05, 3.63) is 23.2 Å². The summed E-state index contributed by atoms with van der Waals surface area (Å²) in [5.41, 5.74) is 6.02. The number of nitrogens with two attached hydrogens (primary N) is 1. The third kappa shape index (κ3) is 3.41. The first-order valence-electron chi connectivity index (χ1n) is 6.47. The van der Waals surface area contributed by atoms with E-state index >= 15 is 0 Å². The fourth-order valence-electron chi connectivity index (χ4n) is 2.48. The molecule has 2 atom stereocenters. The summed E-state index contributed by atoms with van der Waals surface area (Å²) in [6, 6.07) is 4.48. The molecule has 1 aromatic rings. The van der Waals surface area contributed by atoms with E-state index in [1.165, 1.54) is 18.6 Å². The number of hydrogen-bond acceptors (Lipinski definition) is 3. The Balaban J connectivity index is 2.24. The van der Waals surface area contributed by atoms with Crippen LogP contribution in [0.15, 0.2) is 23.1 Å². The molecule has 0 bridgehead atoms. The molecule has 4 nitrogen and oxygen atoms in total. The molecule has 19 heavy (non-hydrogen) atoms. The highest BCUT2D eigenvalue weighted by Gasteiger charge is 2.27. The van der Waals surface area contributed by atoms with E-state index in [4.69, 9.17) is 17.3 Å². The van der Waals surface area contributed by atoms with E-state index in [1.54, 1.807) is 6.07 Å². The van der Waals surface area contributed by atoms with Crippen LogP contribution in [0.1, 0.15) is 32.6 Å². The lowest BCUT2D eigenvalue weighted by Crippen LogP contribution is -2.41. The van der Waals surface area contributed by atoms with Crippen LogP contribution in [-0.4, -0.2) is 14.5 Å². The number of benzene rings is 1. The quantitative estimate of drug-likeness (QED) is 0.843. The van der Waals surface area contributed by atoms with Gasteiger partial charge in [0.25, 0.3) is 0 Å². The first kappa shape index (κ1) is 14.6. The standard InChI is InChI=1S/C13H19ClN2O2S/c1-9-4-2-3-5-12(9)16-19(17,18)13-8-10(15)6-7-11(13)14/h6-9,12,16H,2-5,15H2,1H3. The Morgan fingerprint density at radius 1 is 1.32 bits per heavy atom. The van der Waals surface area contributed by atoms with Crippen molar-refractivity contribution in [1.29, 1.82) is 0 Å². The highest BCUT2D eigenvalue weighted by molar-refractivity contribution is 7.89. The molecule has 2 unspecified atom stereocenters. The second-order valence-corrected chi connectivity index (χ2v) is 7.27. The zero-order chi connectivity index (χ0) is 14.0. The molecule has 2 rings (SSSR count). The summed E-state index contributed by atoms with van der Waals surface area (Å²) in [6.07, 6.45) is 4.15. The largest absolute Gasteiger partial charge is 0.399 e. The fraction of sp³-hybridized carbons (Fsp3) is 0.538. The molecule has 1 aromatic carbocycles. The minimum atomic E-state index is -3.61. The molecule has 0 saturated heterocycles. The number of sulfonamides is 1. The lowest BCUT2D eigenvalue weighted by Gasteiger charge is -2.29. The number of nitrogens with one attached hydrogen (secondary N) is 1. The van der Waals surface area contributed by atoms with Crippen molar-refractivity contribution in [2.75, 3.05) is 5.73 Å². The van der Waals surface area contributed by atoms with Gasteiger partial charge in [-0.2, -0.15) is 0 Å². The minimum absolute atomic E-state index is 0.0174. The third-order valence-corrected chi connectivity index (χ3v) is 5.63. The van der Waals surface area contributed by atoms with Gasteiger partial charge in [-0.1, -0.05) is 31.4 Å². The normalized spacial score (nSPS) is 24.3. The van der Waals surface area contributed by atoms with Gasteiger partial charge in [-0.05, 0) is 37.0 Å². The summed E-state index contributed by atoms with van der Waals surface area (Å²) in [7, 11) is -3.61. The van der Waals surface area contributed by atoms with Gasteiger partial charge in [-0.3, -0.25) is 0 Å². The predicted molar refractivity (Wildman–Crippen MR) is 77.6 cm³/mol. The highest BCUT2D eigenvalue weighted by atomic mass is 35.5. The van der Waals surface area contributed by atoms with Gasteiger partial charge < -0.3 is 5.73 Å². The maximum atomic E-state index is 12.4. The maximum absolute atomic E-state index is 12.4. The van der Waals surface area contributed by atoms with Crippen LogP contribution >= 0.6 is 11.6 Å². The topological polar surface area (TPSA) is 72.2 Å². The summed E-state index contributed by atoms with van der Waals surface area (Å²) in [6.45, 7) is 2.08. The number of nitrogen functional groups attached to an aromatic ring is 1. The van der Waals surface area contributed by atoms with Gasteiger partial charge >= 0.3 is 0 Å². The van der Waals surface area contributed by atoms with Crippen LogP contribution in [-0.2, 0) is 10.0 Å². The monoisotopic (exact) mass is 302 g/mol. The SMILES string of the molecule is CC1CCCCC1NS(=O)(=O)c1cc(N)ccc1Cl. The van der Waals surface area contributed by atoms with Crippen molar-refractivity contribution < 1.29 is 8.42 Å². The van der Waals surface area contributed by atoms with Gasteiger partial charge in [0.15, 0.2) is 0 Å². The van der Waals surface area contributed by atoms with Crippen molar-refractivity contribution in [1.82, 2.24) is 4.72 Å². The number of halogens is 1. The maximum Gasteiger partial charge on any atom is 0.242 e. The summed E-state index contributed by atoms with van der Waals surface area (Å²) in [5, 5.41) is 0.199. The molecule has 0 aliphatic heterocycles. The highest BCUT2D eigenvalue weighted by Crippen LogP contribution is 2.28. The molecule has 106 valence electrons. The molecule has 1 saturated carbocycles. The third-order valence-electron chi connectivity index (χ3n) is 3.66. The average molecular weight is 303 g/mol. The van der Waals surface area contributed by atoms with Crippen LogP contribution in [0.2, 0.25) is 5.02 Å². The number of anilines is 1. The van der Waals surface area contributed by atoms with E-state index in [-0.39, 0.29) is 16.0 Å². The second-order valence-electron chi connectivity index (χ2n) is 5.18. The van der Waals surface area contributed by atoms with Crippen molar-refractivity contribution >= 4 is 27.3 Å². The van der Waals surface area contributed by atoms with Crippen LogP contribution in [0.5, 0.6) is 0 Å². The minimum Gasteiger partial charge on any atom is -0.399 e. The molecule has 1 aliphatic carbocycles. The Labute approximate surface area is 119 Å². The summed E-state index contributed by atoms with van der Waals surface area (Å²) >= 11 is 5.96. The molecule has 3 N–H and O–H groups in total. The molecule has 1 fully saturated rings. The Kier molecular flexibility index (Phi) is 4.38. The molecule has 0 radical (unpaired) electrons. The van der Waals surface area contributed by atoms with Crippen molar-refractivity contribution in [3.63, 3.8) is 0 Å². The van der Waals surface area contributed by atoms with Crippen LogP contribution in [0.3, 0.4) is 0 Å². The zero-order valence-electron chi connectivity index (χ0n) is 10.9. The van der Waals surface area contributed by atoms with Gasteiger partial charge in [0.1, 0.15) is 4.90 Å². The first-order valence-corrected chi connectivity index (χ1v) is 8.33. The van der Waals surface area contributed by atoms with Crippen molar-refractivity contribution in [3.8, 4) is 0 Å². The molecule has 0 heterocycles. The van der Waals surface area contributed by atoms with Crippen LogP contribution < -0.4 is 10.5 Å². The average Bonchev–Trinajstić information content (AvgIpc) is 2.35. The van der Waals surface area contributed by atoms with Gasteiger partial charge in [-0.15, -0.1) is 0 Å². The summed E-state index contributed by atoms with van der Waals surface area (Å²) < 4.78 is 27.5. The second kappa shape index (κ2) is 5.69. The molecular formula is C13H19ClN2O2S. The predicted octanol–water partition coefficient (Wildman–Crippen LogP) is 2.78. The van der Waals surface area contributed by atoms with E-state index in [1.807, 2.05) is 0 Å². The Morgan fingerprint density at radius 2 is 2.00 bits per heavy atom. The van der Waals surface area contributed by atoms with E-state index < -0.39 is 10.0 Å². The van der Waals surface area contributed by atoms with E-state index in [0.717, 1.165) is 19.3 Å². The van der Waals surface area contributed by atoms with Gasteiger partial charge in [0.2, 0.25) is 10.0 Å². The molecule has 1 aliphatic rings. The van der Waals surface area contributed by atoms with Gasteiger partial charge in [0, 0.05) is 11.7 Å². The van der Waals surface area contributed by atoms with E-state index in [2.05, 4.69) is 11.6 Å². The Hall–Kier alpha value is -0.780. The molecule has 6 heteroatoms. The van der Waals surface area contributed by atoms with E-state index in [0.29, 0.717) is 11.6 Å². The van der Waals surface area contributed by atoms with Crippen LogP contribution in [0, 0.1) is 5.92 Å². The zero-order valence-corrected chi connectivity index (χ0v) is 12.5. The summed E-state index contributed by atoms with van der Waals surface area (Å²) in [5.74, 6) is 0.350. The van der Waals surface area contributed by atoms with Crippen molar-refractivity contribution in [2.45, 2.75) is 43.5 Å². The van der Waals surface area contributed by atoms with E-state index in [9.17, 15) is 8.42 Å². The molecule has 0 amide bonds. The summed E-state index contributed by atoms with van der Waals surface area (Å²) in [4.78, 5) is 0.0620. The van der Waals surface area contributed by atoms with Crippen molar-refractivity contribution in [2.24, 2.45) is 5.92 Å². The van der Waals surface area contributed by atoms with Crippen LogP contribution in [0.4, 0.5) is 5.69 Å². The molecular weight excluding hydrogens is 284 g/mol. The lowest BCUT2D eigenvalue weighted by molar-refractivity contribution is 0.310.